The monoisotopic (exact) mass is 266 g/mol. The van der Waals surface area contributed by atoms with Gasteiger partial charge < -0.3 is 10.4 Å². The van der Waals surface area contributed by atoms with Gasteiger partial charge in [-0.25, -0.2) is 4.98 Å². The summed E-state index contributed by atoms with van der Waals surface area (Å²) in [4.78, 5) is 15.8. The van der Waals surface area contributed by atoms with Crippen LogP contribution in [0.2, 0.25) is 5.02 Å². The molecule has 1 amide bonds. The van der Waals surface area contributed by atoms with E-state index in [9.17, 15) is 9.90 Å². The van der Waals surface area contributed by atoms with Crippen LogP contribution in [0.15, 0.2) is 24.5 Å². The summed E-state index contributed by atoms with van der Waals surface area (Å²) < 4.78 is 1.54. The standard InChI is InChI=1S/C11H11ClN4O2/c1-16-6-14-10(15-16)5-13-11(18)8-3-2-7(12)4-9(8)17/h2-4,6,17H,5H2,1H3,(H,13,18). The Balaban J connectivity index is 2.03. The minimum Gasteiger partial charge on any atom is -0.507 e. The zero-order valence-corrected chi connectivity index (χ0v) is 10.3. The summed E-state index contributed by atoms with van der Waals surface area (Å²) in [6, 6.07) is 4.31. The Hall–Kier alpha value is -2.08. The lowest BCUT2D eigenvalue weighted by Crippen LogP contribution is -2.23. The molecular weight excluding hydrogens is 256 g/mol. The highest BCUT2D eigenvalue weighted by molar-refractivity contribution is 6.30. The van der Waals surface area contributed by atoms with E-state index in [1.807, 2.05) is 0 Å². The first-order valence-corrected chi connectivity index (χ1v) is 5.55. The number of hydrogen-bond acceptors (Lipinski definition) is 4. The number of carbonyl (C=O) groups is 1. The van der Waals surface area contributed by atoms with Crippen LogP contribution in [0, 0.1) is 0 Å². The fraction of sp³-hybridized carbons (Fsp3) is 0.182. The zero-order chi connectivity index (χ0) is 13.1. The number of rotatable bonds is 3. The Labute approximate surface area is 108 Å². The second-order valence-corrected chi connectivity index (χ2v) is 4.12. The molecule has 0 aliphatic rings. The summed E-state index contributed by atoms with van der Waals surface area (Å²) in [5.74, 6) is -0.0649. The normalized spacial score (nSPS) is 10.3. The number of nitrogens with one attached hydrogen (secondary N) is 1. The highest BCUT2D eigenvalue weighted by atomic mass is 35.5. The topological polar surface area (TPSA) is 80.0 Å². The van der Waals surface area contributed by atoms with Crippen molar-refractivity contribution in [3.05, 3.63) is 40.9 Å². The van der Waals surface area contributed by atoms with E-state index in [0.717, 1.165) is 0 Å². The Morgan fingerprint density at radius 3 is 2.94 bits per heavy atom. The van der Waals surface area contributed by atoms with E-state index in [1.165, 1.54) is 18.2 Å². The van der Waals surface area contributed by atoms with Crippen LogP contribution in [0.25, 0.3) is 0 Å². The second-order valence-electron chi connectivity index (χ2n) is 3.68. The number of benzene rings is 1. The van der Waals surface area contributed by atoms with Gasteiger partial charge in [-0.15, -0.1) is 0 Å². The molecule has 94 valence electrons. The van der Waals surface area contributed by atoms with Crippen molar-refractivity contribution in [2.75, 3.05) is 0 Å². The van der Waals surface area contributed by atoms with Gasteiger partial charge >= 0.3 is 0 Å². The molecule has 0 radical (unpaired) electrons. The van der Waals surface area contributed by atoms with Crippen LogP contribution < -0.4 is 5.32 Å². The predicted octanol–water partition coefficient (Wildman–Crippen LogP) is 1.10. The molecule has 0 unspecified atom stereocenters. The molecule has 0 fully saturated rings. The smallest absolute Gasteiger partial charge is 0.255 e. The molecule has 0 aliphatic carbocycles. The number of phenols is 1. The van der Waals surface area contributed by atoms with Gasteiger partial charge in [0.05, 0.1) is 12.1 Å². The number of aryl methyl sites for hydroxylation is 1. The molecule has 2 aromatic rings. The first kappa shape index (κ1) is 12.4. The van der Waals surface area contributed by atoms with E-state index >= 15 is 0 Å². The van der Waals surface area contributed by atoms with Crippen molar-refractivity contribution in [2.45, 2.75) is 6.54 Å². The van der Waals surface area contributed by atoms with Crippen LogP contribution in [0.5, 0.6) is 5.75 Å². The van der Waals surface area contributed by atoms with E-state index in [1.54, 1.807) is 18.1 Å². The lowest BCUT2D eigenvalue weighted by Gasteiger charge is -2.05. The molecular formula is C11H11ClN4O2. The fourth-order valence-electron chi connectivity index (χ4n) is 1.42. The van der Waals surface area contributed by atoms with E-state index in [2.05, 4.69) is 15.4 Å². The number of carbonyl (C=O) groups excluding carboxylic acids is 1. The van der Waals surface area contributed by atoms with Crippen LogP contribution >= 0.6 is 11.6 Å². The fourth-order valence-corrected chi connectivity index (χ4v) is 1.58. The SMILES string of the molecule is Cn1cnc(CNC(=O)c2ccc(Cl)cc2O)n1. The average Bonchev–Trinajstić information content (AvgIpc) is 2.72. The van der Waals surface area contributed by atoms with Crippen LogP contribution in [0.3, 0.4) is 0 Å². The van der Waals surface area contributed by atoms with Gasteiger partial charge in [0.1, 0.15) is 12.1 Å². The van der Waals surface area contributed by atoms with Crippen molar-refractivity contribution < 1.29 is 9.90 Å². The molecule has 0 saturated carbocycles. The summed E-state index contributed by atoms with van der Waals surface area (Å²) in [6.07, 6.45) is 1.54. The maximum Gasteiger partial charge on any atom is 0.255 e. The molecule has 0 spiro atoms. The predicted molar refractivity (Wildman–Crippen MR) is 65.3 cm³/mol. The van der Waals surface area contributed by atoms with Crippen LogP contribution in [-0.2, 0) is 13.6 Å². The van der Waals surface area contributed by atoms with Gasteiger partial charge in [0.2, 0.25) is 0 Å². The van der Waals surface area contributed by atoms with Crippen molar-refractivity contribution >= 4 is 17.5 Å². The van der Waals surface area contributed by atoms with Gasteiger partial charge in [-0.2, -0.15) is 5.10 Å². The van der Waals surface area contributed by atoms with E-state index in [4.69, 9.17) is 11.6 Å². The van der Waals surface area contributed by atoms with E-state index < -0.39 is 5.91 Å². The molecule has 18 heavy (non-hydrogen) atoms. The average molecular weight is 267 g/mol. The molecule has 0 atom stereocenters. The first-order chi connectivity index (χ1) is 8.56. The molecule has 0 bridgehead atoms. The van der Waals surface area contributed by atoms with Crippen molar-refractivity contribution in [3.63, 3.8) is 0 Å². The number of aromatic hydroxyl groups is 1. The second kappa shape index (κ2) is 5.05. The quantitative estimate of drug-likeness (QED) is 0.872. The van der Waals surface area contributed by atoms with Crippen LogP contribution in [-0.4, -0.2) is 25.8 Å². The zero-order valence-electron chi connectivity index (χ0n) is 9.59. The summed E-state index contributed by atoms with van der Waals surface area (Å²) in [5, 5.41) is 16.6. The van der Waals surface area contributed by atoms with Crippen LogP contribution in [0.4, 0.5) is 0 Å². The van der Waals surface area contributed by atoms with Crippen molar-refractivity contribution in [2.24, 2.45) is 7.05 Å². The number of nitrogens with zero attached hydrogens (tertiary/aromatic N) is 3. The first-order valence-electron chi connectivity index (χ1n) is 5.17. The van der Waals surface area contributed by atoms with Gasteiger partial charge in [0, 0.05) is 12.1 Å². The Bertz CT molecular complexity index is 582. The van der Waals surface area contributed by atoms with Gasteiger partial charge in [-0.1, -0.05) is 11.6 Å². The summed E-state index contributed by atoms with van der Waals surface area (Å²) >= 11 is 5.68. The minimum absolute atomic E-state index is 0.158. The van der Waals surface area contributed by atoms with Crippen LogP contribution in [0.1, 0.15) is 16.2 Å². The Kier molecular flexibility index (Phi) is 3.47. The number of hydrogen-bond donors (Lipinski definition) is 2. The molecule has 1 aromatic carbocycles. The van der Waals surface area contributed by atoms with Gasteiger partial charge in [0.15, 0.2) is 5.82 Å². The number of halogens is 1. The van der Waals surface area contributed by atoms with Gasteiger partial charge in [-0.05, 0) is 18.2 Å². The highest BCUT2D eigenvalue weighted by Gasteiger charge is 2.11. The van der Waals surface area contributed by atoms with Crippen molar-refractivity contribution in [1.29, 1.82) is 0 Å². The molecule has 0 aliphatic heterocycles. The third-order valence-electron chi connectivity index (χ3n) is 2.26. The molecule has 0 saturated heterocycles. The number of phenolic OH excluding ortho intramolecular Hbond substituents is 1. The molecule has 1 heterocycles. The van der Waals surface area contributed by atoms with E-state index in [-0.39, 0.29) is 17.9 Å². The molecule has 7 heteroatoms. The Morgan fingerprint density at radius 1 is 1.56 bits per heavy atom. The lowest BCUT2D eigenvalue weighted by molar-refractivity contribution is 0.0947. The molecule has 2 N–H and O–H groups in total. The van der Waals surface area contributed by atoms with Gasteiger partial charge in [0.25, 0.3) is 5.91 Å². The molecule has 2 rings (SSSR count). The van der Waals surface area contributed by atoms with Gasteiger partial charge in [-0.3, -0.25) is 9.48 Å². The summed E-state index contributed by atoms with van der Waals surface area (Å²) in [6.45, 7) is 0.196. The van der Waals surface area contributed by atoms with E-state index in [0.29, 0.717) is 10.8 Å². The highest BCUT2D eigenvalue weighted by Crippen LogP contribution is 2.21. The lowest BCUT2D eigenvalue weighted by atomic mass is 10.2. The molecule has 1 aromatic heterocycles. The summed E-state index contributed by atoms with van der Waals surface area (Å²) in [5.41, 5.74) is 0.162. The largest absolute Gasteiger partial charge is 0.507 e. The third kappa shape index (κ3) is 2.78. The van der Waals surface area contributed by atoms with Crippen molar-refractivity contribution in [3.8, 4) is 5.75 Å². The third-order valence-corrected chi connectivity index (χ3v) is 2.49. The summed E-state index contributed by atoms with van der Waals surface area (Å²) in [7, 11) is 1.74. The Morgan fingerprint density at radius 2 is 2.33 bits per heavy atom. The number of amides is 1. The minimum atomic E-state index is -0.406. The number of aromatic nitrogens is 3. The maximum atomic E-state index is 11.8. The van der Waals surface area contributed by atoms with Crippen molar-refractivity contribution in [1.82, 2.24) is 20.1 Å². The molecule has 6 nitrogen and oxygen atoms in total. The maximum absolute atomic E-state index is 11.8.